The number of aromatic hydroxyl groups is 1. The smallest absolute Gasteiger partial charge is 0.342 e. The molecule has 0 bridgehead atoms. The summed E-state index contributed by atoms with van der Waals surface area (Å²) in [6, 6.07) is 6.63. The summed E-state index contributed by atoms with van der Waals surface area (Å²) < 4.78 is 10.6. The molecule has 1 amide bonds. The first-order chi connectivity index (χ1) is 17.5. The van der Waals surface area contributed by atoms with Crippen molar-refractivity contribution in [2.24, 2.45) is 5.73 Å². The van der Waals surface area contributed by atoms with Crippen LogP contribution in [-0.2, 0) is 26.9 Å². The Morgan fingerprint density at radius 1 is 1.03 bits per heavy atom. The van der Waals surface area contributed by atoms with E-state index in [1.165, 1.54) is 6.07 Å². The number of rotatable bonds is 8. The second-order valence-corrected chi connectivity index (χ2v) is 11.5. The number of fused-ring (bicyclic) bond motifs is 1. The van der Waals surface area contributed by atoms with E-state index >= 15 is 0 Å². The SMILES string of the molecule is Br.CCOc1cc2c(cc1C(=O)OCC(N)=O)C(=N)N(CC(=O)c1cc(C(C)(C)C)c(O)c(C(C)(C)C)c1)C2. The van der Waals surface area contributed by atoms with Gasteiger partial charge in [0.1, 0.15) is 22.9 Å². The van der Waals surface area contributed by atoms with E-state index in [0.717, 1.165) is 5.56 Å². The van der Waals surface area contributed by atoms with Gasteiger partial charge in [0.05, 0.1) is 13.2 Å². The summed E-state index contributed by atoms with van der Waals surface area (Å²) in [5.74, 6) is -1.21. The number of carbonyl (C=O) groups excluding carboxylic acids is 3. The molecule has 0 aliphatic carbocycles. The van der Waals surface area contributed by atoms with Crippen molar-refractivity contribution in [2.45, 2.75) is 65.8 Å². The molecule has 0 fully saturated rings. The third kappa shape index (κ3) is 6.98. The number of ketones is 1. The molecule has 1 aliphatic rings. The van der Waals surface area contributed by atoms with Crippen LogP contribution in [-0.4, -0.2) is 53.3 Å². The van der Waals surface area contributed by atoms with Gasteiger partial charge in [-0.1, -0.05) is 41.5 Å². The summed E-state index contributed by atoms with van der Waals surface area (Å²) >= 11 is 0. The van der Waals surface area contributed by atoms with Crippen LogP contribution in [0.25, 0.3) is 0 Å². The molecule has 0 unspecified atom stereocenters. The van der Waals surface area contributed by atoms with Crippen LogP contribution in [0.4, 0.5) is 0 Å². The van der Waals surface area contributed by atoms with Gasteiger partial charge in [-0.25, -0.2) is 4.79 Å². The van der Waals surface area contributed by atoms with Crippen LogP contribution in [0.5, 0.6) is 11.5 Å². The van der Waals surface area contributed by atoms with Crippen molar-refractivity contribution >= 4 is 40.5 Å². The fourth-order valence-corrected chi connectivity index (χ4v) is 4.42. The molecule has 0 atom stereocenters. The van der Waals surface area contributed by atoms with E-state index in [0.29, 0.717) is 28.9 Å². The molecule has 3 rings (SSSR count). The number of nitrogens with one attached hydrogen (secondary N) is 1. The van der Waals surface area contributed by atoms with E-state index in [-0.39, 0.29) is 69.6 Å². The van der Waals surface area contributed by atoms with Crippen molar-refractivity contribution < 1.29 is 29.0 Å². The molecule has 1 heterocycles. The highest BCUT2D eigenvalue weighted by atomic mass is 79.9. The van der Waals surface area contributed by atoms with E-state index in [4.69, 9.17) is 20.6 Å². The molecule has 4 N–H and O–H groups in total. The molecule has 2 aromatic carbocycles. The Balaban J connectivity index is 0.00000533. The number of amides is 1. The summed E-state index contributed by atoms with van der Waals surface area (Å²) in [5.41, 5.74) is 7.44. The topological polar surface area (TPSA) is 143 Å². The first-order valence-electron chi connectivity index (χ1n) is 12.5. The number of carbonyl (C=O) groups is 3. The zero-order valence-electron chi connectivity index (χ0n) is 23.6. The molecule has 10 heteroatoms. The molecule has 9 nitrogen and oxygen atoms in total. The molecule has 0 saturated carbocycles. The summed E-state index contributed by atoms with van der Waals surface area (Å²) in [5, 5.41) is 19.7. The standard InChI is InChI=1S/C29H37N3O6.BrH/c1-8-37-23-11-17-13-32(26(31)18(17)12-19(23)27(36)38-15-24(30)34)14-22(33)16-9-20(28(2,3)4)25(35)21(10-16)29(5,6)7;/h9-12,31,35H,8,13-15H2,1-7H3,(H2,30,34);1H. The van der Waals surface area contributed by atoms with E-state index in [1.54, 1.807) is 30.0 Å². The van der Waals surface area contributed by atoms with Crippen LogP contribution < -0.4 is 10.5 Å². The lowest BCUT2D eigenvalue weighted by Gasteiger charge is -2.28. The van der Waals surface area contributed by atoms with Crippen LogP contribution >= 0.6 is 17.0 Å². The average molecular weight is 605 g/mol. The highest BCUT2D eigenvalue weighted by Crippen LogP contribution is 2.40. The summed E-state index contributed by atoms with van der Waals surface area (Å²) in [6.45, 7) is 13.6. The van der Waals surface area contributed by atoms with Gasteiger partial charge in [0.15, 0.2) is 12.4 Å². The number of phenolic OH excluding ortho intramolecular Hbond substituents is 1. The van der Waals surface area contributed by atoms with E-state index in [9.17, 15) is 19.5 Å². The van der Waals surface area contributed by atoms with Gasteiger partial charge in [0, 0.05) is 28.8 Å². The van der Waals surface area contributed by atoms with E-state index in [2.05, 4.69) is 0 Å². The minimum absolute atomic E-state index is 0. The Hall–Kier alpha value is -3.40. The van der Waals surface area contributed by atoms with Crippen LogP contribution in [0.15, 0.2) is 24.3 Å². The number of ether oxygens (including phenoxy) is 2. The highest BCUT2D eigenvalue weighted by molar-refractivity contribution is 8.93. The third-order valence-electron chi connectivity index (χ3n) is 6.39. The number of nitrogens with zero attached hydrogens (tertiary/aromatic N) is 1. The van der Waals surface area contributed by atoms with Crippen LogP contribution in [0.1, 0.15) is 91.4 Å². The molecular weight excluding hydrogens is 566 g/mol. The number of hydrogen-bond donors (Lipinski definition) is 3. The molecule has 0 radical (unpaired) electrons. The lowest BCUT2D eigenvalue weighted by atomic mass is 9.78. The minimum atomic E-state index is -0.786. The van der Waals surface area contributed by atoms with Crippen molar-refractivity contribution in [1.82, 2.24) is 4.90 Å². The third-order valence-corrected chi connectivity index (χ3v) is 6.39. The Kier molecular flexibility index (Phi) is 9.60. The second-order valence-electron chi connectivity index (χ2n) is 11.5. The fourth-order valence-electron chi connectivity index (χ4n) is 4.42. The lowest BCUT2D eigenvalue weighted by Crippen LogP contribution is -2.30. The van der Waals surface area contributed by atoms with Crippen molar-refractivity contribution in [3.05, 3.63) is 57.6 Å². The Morgan fingerprint density at radius 3 is 2.08 bits per heavy atom. The summed E-state index contributed by atoms with van der Waals surface area (Å²) in [7, 11) is 0. The van der Waals surface area contributed by atoms with Crippen molar-refractivity contribution in [3.8, 4) is 11.5 Å². The van der Waals surface area contributed by atoms with E-state index in [1.807, 2.05) is 41.5 Å². The highest BCUT2D eigenvalue weighted by Gasteiger charge is 2.32. The van der Waals surface area contributed by atoms with Gasteiger partial charge in [-0.3, -0.25) is 15.0 Å². The Labute approximate surface area is 239 Å². The Bertz CT molecular complexity index is 1270. The Morgan fingerprint density at radius 2 is 1.59 bits per heavy atom. The quantitative estimate of drug-likeness (QED) is 0.295. The van der Waals surface area contributed by atoms with Gasteiger partial charge in [-0.2, -0.15) is 0 Å². The van der Waals surface area contributed by atoms with Crippen molar-refractivity contribution in [1.29, 1.82) is 5.41 Å². The lowest BCUT2D eigenvalue weighted by molar-refractivity contribution is -0.121. The van der Waals surface area contributed by atoms with Crippen molar-refractivity contribution in [2.75, 3.05) is 19.8 Å². The molecule has 1 aliphatic heterocycles. The number of Topliss-reactive ketones (excluding diaryl/α,β-unsaturated/α-hetero) is 1. The summed E-state index contributed by atoms with van der Waals surface area (Å²) in [4.78, 5) is 38.7. The zero-order chi connectivity index (χ0) is 28.6. The maximum absolute atomic E-state index is 13.5. The molecule has 0 saturated heterocycles. The van der Waals surface area contributed by atoms with Crippen LogP contribution in [0.3, 0.4) is 0 Å². The number of benzene rings is 2. The molecule has 212 valence electrons. The van der Waals surface area contributed by atoms with Gasteiger partial charge in [0.25, 0.3) is 5.91 Å². The maximum Gasteiger partial charge on any atom is 0.342 e. The number of primary amides is 1. The fraction of sp³-hybridized carbons (Fsp3) is 0.448. The van der Waals surface area contributed by atoms with Gasteiger partial charge < -0.3 is 25.2 Å². The number of nitrogens with two attached hydrogens (primary N) is 1. The first kappa shape index (κ1) is 31.8. The predicted molar refractivity (Wildman–Crippen MR) is 154 cm³/mol. The minimum Gasteiger partial charge on any atom is -0.507 e. The van der Waals surface area contributed by atoms with E-state index < -0.39 is 18.5 Å². The molecule has 2 aromatic rings. The average Bonchev–Trinajstić information content (AvgIpc) is 3.09. The van der Waals surface area contributed by atoms with Crippen LogP contribution in [0.2, 0.25) is 0 Å². The number of amidine groups is 1. The largest absolute Gasteiger partial charge is 0.507 e. The second kappa shape index (κ2) is 11.8. The molecular formula is C29H38BrN3O6. The maximum atomic E-state index is 13.5. The normalized spacial score (nSPS) is 13.0. The first-order valence-corrected chi connectivity index (χ1v) is 12.5. The summed E-state index contributed by atoms with van der Waals surface area (Å²) in [6.07, 6.45) is 0. The predicted octanol–water partition coefficient (Wildman–Crippen LogP) is 4.63. The van der Waals surface area contributed by atoms with Crippen LogP contribution in [0, 0.1) is 5.41 Å². The van der Waals surface area contributed by atoms with Gasteiger partial charge in [-0.05, 0) is 47.6 Å². The van der Waals surface area contributed by atoms with Crippen molar-refractivity contribution in [3.63, 3.8) is 0 Å². The monoisotopic (exact) mass is 603 g/mol. The number of esters is 1. The molecule has 0 aromatic heterocycles. The number of phenols is 1. The molecule has 0 spiro atoms. The number of halogens is 1. The van der Waals surface area contributed by atoms with Gasteiger partial charge in [0.2, 0.25) is 0 Å². The number of hydrogen-bond acceptors (Lipinski definition) is 7. The zero-order valence-corrected chi connectivity index (χ0v) is 25.3. The molecule has 39 heavy (non-hydrogen) atoms. The van der Waals surface area contributed by atoms with Gasteiger partial charge in [-0.15, -0.1) is 17.0 Å². The van der Waals surface area contributed by atoms with Gasteiger partial charge >= 0.3 is 5.97 Å².